The molecule has 0 spiro atoms. The average molecular weight is 264 g/mol. The van der Waals surface area contributed by atoms with Gasteiger partial charge in [0.1, 0.15) is 5.54 Å². The fraction of sp³-hybridized carbons (Fsp3) is 0.938. The minimum absolute atomic E-state index is 0.330. The molecule has 0 amide bonds. The van der Waals surface area contributed by atoms with Gasteiger partial charge in [-0.05, 0) is 56.3 Å². The third-order valence-electron chi connectivity index (χ3n) is 5.03. The zero-order chi connectivity index (χ0) is 13.9. The Morgan fingerprint density at radius 2 is 1.95 bits per heavy atom. The molecule has 2 rings (SSSR count). The molecule has 108 valence electrons. The van der Waals surface area contributed by atoms with E-state index in [4.69, 9.17) is 10.5 Å². The molecule has 0 aromatic heterocycles. The van der Waals surface area contributed by atoms with Crippen LogP contribution >= 0.6 is 0 Å². The van der Waals surface area contributed by atoms with Gasteiger partial charge in [-0.25, -0.2) is 0 Å². The van der Waals surface area contributed by atoms with Crippen LogP contribution < -0.4 is 5.73 Å². The standard InChI is InChI=1S/C16H28N2O/c1-12-8-13(2)10-15(9-12)19-7-5-14-4-3-6-16(14,18)11-17/h12-15H,3-10,18H2,1-2H3. The Morgan fingerprint density at radius 3 is 2.58 bits per heavy atom. The number of rotatable bonds is 4. The van der Waals surface area contributed by atoms with Gasteiger partial charge >= 0.3 is 0 Å². The molecule has 4 atom stereocenters. The Kier molecular flexibility index (Phi) is 4.86. The average Bonchev–Trinajstić information content (AvgIpc) is 2.71. The van der Waals surface area contributed by atoms with Crippen molar-refractivity contribution >= 4 is 0 Å². The Labute approximate surface area is 117 Å². The summed E-state index contributed by atoms with van der Waals surface area (Å²) in [6.45, 7) is 5.42. The minimum atomic E-state index is -0.587. The lowest BCUT2D eigenvalue weighted by molar-refractivity contribution is -0.00586. The maximum Gasteiger partial charge on any atom is 0.107 e. The van der Waals surface area contributed by atoms with E-state index in [-0.39, 0.29) is 0 Å². The van der Waals surface area contributed by atoms with Crippen molar-refractivity contribution in [1.29, 1.82) is 5.26 Å². The van der Waals surface area contributed by atoms with Gasteiger partial charge < -0.3 is 10.5 Å². The molecule has 3 nitrogen and oxygen atoms in total. The van der Waals surface area contributed by atoms with Crippen LogP contribution in [0.2, 0.25) is 0 Å². The summed E-state index contributed by atoms with van der Waals surface area (Å²) < 4.78 is 6.06. The summed E-state index contributed by atoms with van der Waals surface area (Å²) >= 11 is 0. The first-order valence-electron chi connectivity index (χ1n) is 7.85. The van der Waals surface area contributed by atoms with Crippen LogP contribution in [0.25, 0.3) is 0 Å². The summed E-state index contributed by atoms with van der Waals surface area (Å²) in [4.78, 5) is 0. The predicted molar refractivity (Wildman–Crippen MR) is 76.4 cm³/mol. The summed E-state index contributed by atoms with van der Waals surface area (Å²) in [5.41, 5.74) is 5.56. The molecule has 2 aliphatic carbocycles. The number of hydrogen-bond acceptors (Lipinski definition) is 3. The molecule has 3 heteroatoms. The number of ether oxygens (including phenoxy) is 1. The van der Waals surface area contributed by atoms with Crippen molar-refractivity contribution < 1.29 is 4.74 Å². The minimum Gasteiger partial charge on any atom is -0.378 e. The van der Waals surface area contributed by atoms with Gasteiger partial charge in [0.05, 0.1) is 12.2 Å². The van der Waals surface area contributed by atoms with E-state index in [1.165, 1.54) is 19.3 Å². The summed E-state index contributed by atoms with van der Waals surface area (Å²) in [6.07, 6.45) is 8.13. The molecule has 0 aromatic rings. The molecular formula is C16H28N2O. The van der Waals surface area contributed by atoms with E-state index < -0.39 is 5.54 Å². The van der Waals surface area contributed by atoms with Crippen molar-refractivity contribution in [2.75, 3.05) is 6.61 Å². The highest BCUT2D eigenvalue weighted by molar-refractivity contribution is 5.11. The summed E-state index contributed by atoms with van der Waals surface area (Å²) in [5, 5.41) is 9.20. The second kappa shape index (κ2) is 6.24. The van der Waals surface area contributed by atoms with Gasteiger partial charge in [0.25, 0.3) is 0 Å². The van der Waals surface area contributed by atoms with Crippen molar-refractivity contribution in [1.82, 2.24) is 0 Å². The molecule has 0 radical (unpaired) electrons. The topological polar surface area (TPSA) is 59.0 Å². The van der Waals surface area contributed by atoms with Crippen LogP contribution in [-0.4, -0.2) is 18.2 Å². The van der Waals surface area contributed by atoms with Crippen LogP contribution in [0, 0.1) is 29.1 Å². The second-order valence-electron chi connectivity index (χ2n) is 6.94. The highest BCUT2D eigenvalue weighted by Gasteiger charge is 2.39. The summed E-state index contributed by atoms with van der Waals surface area (Å²) in [5.74, 6) is 1.90. The maximum absolute atomic E-state index is 9.20. The Hall–Kier alpha value is -0.590. The molecule has 0 aromatic carbocycles. The first-order valence-corrected chi connectivity index (χ1v) is 7.85. The highest BCUT2D eigenvalue weighted by Crippen LogP contribution is 2.36. The molecule has 2 saturated carbocycles. The van der Waals surface area contributed by atoms with E-state index in [1.54, 1.807) is 0 Å². The van der Waals surface area contributed by atoms with Crippen LogP contribution in [0.5, 0.6) is 0 Å². The van der Waals surface area contributed by atoms with E-state index >= 15 is 0 Å². The zero-order valence-electron chi connectivity index (χ0n) is 12.4. The normalized spacial score (nSPS) is 43.1. The summed E-state index contributed by atoms with van der Waals surface area (Å²) in [7, 11) is 0. The van der Waals surface area contributed by atoms with E-state index in [9.17, 15) is 5.26 Å². The first kappa shape index (κ1) is 14.8. The molecule has 0 saturated heterocycles. The third kappa shape index (κ3) is 3.70. The molecule has 0 bridgehead atoms. The van der Waals surface area contributed by atoms with Crippen LogP contribution in [0.15, 0.2) is 0 Å². The lowest BCUT2D eigenvalue weighted by Crippen LogP contribution is -2.42. The first-order chi connectivity index (χ1) is 9.03. The molecule has 19 heavy (non-hydrogen) atoms. The van der Waals surface area contributed by atoms with Crippen molar-refractivity contribution in [3.8, 4) is 6.07 Å². The Morgan fingerprint density at radius 1 is 1.26 bits per heavy atom. The van der Waals surface area contributed by atoms with Crippen LogP contribution in [0.4, 0.5) is 0 Å². The smallest absolute Gasteiger partial charge is 0.107 e. The molecule has 4 unspecified atom stereocenters. The van der Waals surface area contributed by atoms with E-state index in [0.29, 0.717) is 12.0 Å². The van der Waals surface area contributed by atoms with Gasteiger partial charge in [-0.3, -0.25) is 0 Å². The molecule has 2 N–H and O–H groups in total. The number of nitrogens with two attached hydrogens (primary N) is 1. The zero-order valence-corrected chi connectivity index (χ0v) is 12.4. The molecule has 2 fully saturated rings. The van der Waals surface area contributed by atoms with E-state index in [1.807, 2.05) is 0 Å². The Bertz CT molecular complexity index is 328. The van der Waals surface area contributed by atoms with Crippen LogP contribution in [0.1, 0.15) is 58.8 Å². The molecule has 2 aliphatic rings. The van der Waals surface area contributed by atoms with E-state index in [0.717, 1.165) is 44.1 Å². The van der Waals surface area contributed by atoms with Crippen LogP contribution in [0.3, 0.4) is 0 Å². The van der Waals surface area contributed by atoms with Gasteiger partial charge in [0.15, 0.2) is 0 Å². The lowest BCUT2D eigenvalue weighted by atomic mass is 9.81. The Balaban J connectivity index is 1.73. The van der Waals surface area contributed by atoms with Gasteiger partial charge in [0.2, 0.25) is 0 Å². The quantitative estimate of drug-likeness (QED) is 0.848. The van der Waals surface area contributed by atoms with Gasteiger partial charge in [-0.15, -0.1) is 0 Å². The number of nitriles is 1. The highest BCUT2D eigenvalue weighted by atomic mass is 16.5. The number of nitrogens with zero attached hydrogens (tertiary/aromatic N) is 1. The summed E-state index contributed by atoms with van der Waals surface area (Å²) in [6, 6.07) is 2.32. The monoisotopic (exact) mass is 264 g/mol. The van der Waals surface area contributed by atoms with Crippen molar-refractivity contribution in [3.05, 3.63) is 0 Å². The molecular weight excluding hydrogens is 236 g/mol. The van der Waals surface area contributed by atoms with Gasteiger partial charge in [0, 0.05) is 6.61 Å². The second-order valence-corrected chi connectivity index (χ2v) is 6.94. The number of hydrogen-bond donors (Lipinski definition) is 1. The molecule has 0 heterocycles. The lowest BCUT2D eigenvalue weighted by Gasteiger charge is -2.32. The van der Waals surface area contributed by atoms with Crippen molar-refractivity contribution in [2.45, 2.75) is 70.4 Å². The fourth-order valence-electron chi connectivity index (χ4n) is 4.04. The van der Waals surface area contributed by atoms with Crippen molar-refractivity contribution in [2.24, 2.45) is 23.5 Å². The largest absolute Gasteiger partial charge is 0.378 e. The van der Waals surface area contributed by atoms with E-state index in [2.05, 4.69) is 19.9 Å². The predicted octanol–water partition coefficient (Wildman–Crippen LogP) is 3.24. The van der Waals surface area contributed by atoms with Gasteiger partial charge in [-0.2, -0.15) is 5.26 Å². The van der Waals surface area contributed by atoms with Crippen LogP contribution in [-0.2, 0) is 4.74 Å². The molecule has 0 aliphatic heterocycles. The van der Waals surface area contributed by atoms with Crippen molar-refractivity contribution in [3.63, 3.8) is 0 Å². The SMILES string of the molecule is CC1CC(C)CC(OCCC2CCCC2(N)C#N)C1. The maximum atomic E-state index is 9.20. The van der Waals surface area contributed by atoms with Gasteiger partial charge in [-0.1, -0.05) is 20.3 Å². The third-order valence-corrected chi connectivity index (χ3v) is 5.03. The fourth-order valence-corrected chi connectivity index (χ4v) is 4.04.